The summed E-state index contributed by atoms with van der Waals surface area (Å²) in [7, 11) is 4.13. The lowest BCUT2D eigenvalue weighted by Crippen LogP contribution is -2.55. The zero-order valence-corrected chi connectivity index (χ0v) is 17.3. The summed E-state index contributed by atoms with van der Waals surface area (Å²) in [5.74, 6) is 0.694. The Balaban J connectivity index is 1.30. The van der Waals surface area contributed by atoms with Crippen LogP contribution in [-0.4, -0.2) is 79.3 Å². The van der Waals surface area contributed by atoms with Crippen molar-refractivity contribution in [3.05, 3.63) is 35.4 Å². The zero-order chi connectivity index (χ0) is 19.7. The number of hydrogen-bond donors (Lipinski definition) is 1. The summed E-state index contributed by atoms with van der Waals surface area (Å²) in [6.07, 6.45) is 6.24. The fourth-order valence-corrected chi connectivity index (χ4v) is 6.22. The van der Waals surface area contributed by atoms with Gasteiger partial charge < -0.3 is 10.1 Å². The molecule has 1 amide bonds. The lowest BCUT2D eigenvalue weighted by atomic mass is 9.74. The zero-order valence-electron chi connectivity index (χ0n) is 17.3. The van der Waals surface area contributed by atoms with E-state index in [4.69, 9.17) is 4.74 Å². The Morgan fingerprint density at radius 3 is 2.79 bits per heavy atom. The monoisotopic (exact) mass is 394 g/mol. The molecule has 2 bridgehead atoms. The quantitative estimate of drug-likeness (QED) is 0.833. The standard InChI is InChI=1S/C23H30N4O2/c1-25-11-15(23(28)26(2)27-12-16-6-7-17(13-27)29-16)8-19-18-4-3-5-20-22(18)14(10-24-20)9-21(19)25/h3-5,8,14-17,21,24H,6-7,9-13H2,1-2H3/t14?,15-,16-,17+,21-/m1/s1. The molecular formula is C23H30N4O2. The molecule has 1 aromatic carbocycles. The highest BCUT2D eigenvalue weighted by atomic mass is 16.5. The van der Waals surface area contributed by atoms with E-state index < -0.39 is 0 Å². The number of nitrogens with one attached hydrogen (secondary N) is 1. The van der Waals surface area contributed by atoms with Crippen molar-refractivity contribution in [3.8, 4) is 0 Å². The predicted molar refractivity (Wildman–Crippen MR) is 112 cm³/mol. The molecule has 1 aromatic rings. The minimum absolute atomic E-state index is 0.0986. The van der Waals surface area contributed by atoms with Gasteiger partial charge in [0.25, 0.3) is 0 Å². The summed E-state index contributed by atoms with van der Waals surface area (Å²) >= 11 is 0. The molecule has 0 saturated carbocycles. The van der Waals surface area contributed by atoms with Crippen molar-refractivity contribution in [1.82, 2.24) is 14.9 Å². The molecule has 5 atom stereocenters. The number of hydrogen-bond acceptors (Lipinski definition) is 5. The predicted octanol–water partition coefficient (Wildman–Crippen LogP) is 2.15. The Kier molecular flexibility index (Phi) is 4.05. The van der Waals surface area contributed by atoms with E-state index in [0.29, 0.717) is 12.0 Å². The number of carbonyl (C=O) groups is 1. The molecule has 29 heavy (non-hydrogen) atoms. The van der Waals surface area contributed by atoms with E-state index in [9.17, 15) is 4.79 Å². The molecule has 1 aliphatic carbocycles. The Labute approximate surface area is 172 Å². The normalized spacial score (nSPS) is 35.5. The third-order valence-electron chi connectivity index (χ3n) is 7.71. The smallest absolute Gasteiger partial charge is 0.244 e. The van der Waals surface area contributed by atoms with E-state index in [1.807, 2.05) is 12.1 Å². The molecule has 6 heteroatoms. The molecule has 6 nitrogen and oxygen atoms in total. The third kappa shape index (κ3) is 2.76. The molecule has 5 aliphatic rings. The highest BCUT2D eigenvalue weighted by Crippen LogP contribution is 2.48. The number of hydrazine groups is 1. The summed E-state index contributed by atoms with van der Waals surface area (Å²) < 4.78 is 5.95. The number of anilines is 1. The molecule has 2 saturated heterocycles. The molecule has 1 N–H and O–H groups in total. The SMILES string of the molecule is CN1C[C@H](C(=O)N(C)N2C[C@H]3CC[C@@H](C2)O3)C=C2c3cccc4c3C(CN4)C[C@H]21. The van der Waals surface area contributed by atoms with E-state index in [2.05, 4.69) is 46.5 Å². The van der Waals surface area contributed by atoms with Gasteiger partial charge in [-0.15, -0.1) is 0 Å². The minimum Gasteiger partial charge on any atom is -0.384 e. The maximum Gasteiger partial charge on any atom is 0.244 e. The Hall–Kier alpha value is -1.89. The number of amides is 1. The second-order valence-electron chi connectivity index (χ2n) is 9.46. The molecule has 4 heterocycles. The van der Waals surface area contributed by atoms with E-state index >= 15 is 0 Å². The van der Waals surface area contributed by atoms with Gasteiger partial charge in [-0.2, -0.15) is 0 Å². The first-order valence-electron chi connectivity index (χ1n) is 11.1. The molecule has 0 radical (unpaired) electrons. The highest BCUT2D eigenvalue weighted by molar-refractivity contribution is 5.87. The number of ether oxygens (including phenoxy) is 1. The van der Waals surface area contributed by atoms with Gasteiger partial charge in [-0.25, -0.2) is 5.01 Å². The number of rotatable bonds is 2. The molecular weight excluding hydrogens is 364 g/mol. The van der Waals surface area contributed by atoms with Crippen LogP contribution in [0.3, 0.4) is 0 Å². The second kappa shape index (κ2) is 6.56. The van der Waals surface area contributed by atoms with Crippen molar-refractivity contribution in [2.45, 2.75) is 43.4 Å². The fraction of sp³-hybridized carbons (Fsp3) is 0.609. The van der Waals surface area contributed by atoms with Crippen LogP contribution in [0.2, 0.25) is 0 Å². The van der Waals surface area contributed by atoms with Gasteiger partial charge in [0.15, 0.2) is 0 Å². The maximum absolute atomic E-state index is 13.5. The second-order valence-corrected chi connectivity index (χ2v) is 9.46. The lowest BCUT2D eigenvalue weighted by molar-refractivity contribution is -0.164. The molecule has 0 aromatic heterocycles. The number of fused-ring (bicyclic) bond motifs is 4. The van der Waals surface area contributed by atoms with Gasteiger partial charge >= 0.3 is 0 Å². The third-order valence-corrected chi connectivity index (χ3v) is 7.71. The maximum atomic E-state index is 13.5. The summed E-state index contributed by atoms with van der Waals surface area (Å²) in [6.45, 7) is 3.50. The molecule has 154 valence electrons. The van der Waals surface area contributed by atoms with Crippen molar-refractivity contribution in [2.24, 2.45) is 5.92 Å². The van der Waals surface area contributed by atoms with Crippen LogP contribution in [0, 0.1) is 5.92 Å². The molecule has 4 aliphatic heterocycles. The van der Waals surface area contributed by atoms with Crippen molar-refractivity contribution < 1.29 is 9.53 Å². The minimum atomic E-state index is -0.0986. The van der Waals surface area contributed by atoms with E-state index in [1.165, 1.54) is 22.4 Å². The van der Waals surface area contributed by atoms with Crippen LogP contribution in [0.4, 0.5) is 5.69 Å². The molecule has 1 unspecified atom stereocenters. The first-order chi connectivity index (χ1) is 14.1. The summed E-state index contributed by atoms with van der Waals surface area (Å²) in [5.41, 5.74) is 5.45. The Bertz CT molecular complexity index is 872. The number of nitrogens with zero attached hydrogens (tertiary/aromatic N) is 3. The molecule has 0 spiro atoms. The largest absolute Gasteiger partial charge is 0.384 e. The van der Waals surface area contributed by atoms with E-state index in [1.54, 1.807) is 0 Å². The van der Waals surface area contributed by atoms with E-state index in [-0.39, 0.29) is 24.0 Å². The van der Waals surface area contributed by atoms with Gasteiger partial charge in [-0.1, -0.05) is 18.2 Å². The van der Waals surface area contributed by atoms with Crippen molar-refractivity contribution in [1.29, 1.82) is 0 Å². The fourth-order valence-electron chi connectivity index (χ4n) is 6.22. The highest BCUT2D eigenvalue weighted by Gasteiger charge is 2.42. The summed E-state index contributed by atoms with van der Waals surface area (Å²) in [4.78, 5) is 15.9. The van der Waals surface area contributed by atoms with Crippen molar-refractivity contribution >= 4 is 17.2 Å². The van der Waals surface area contributed by atoms with Crippen LogP contribution < -0.4 is 5.32 Å². The topological polar surface area (TPSA) is 48.1 Å². The number of carbonyl (C=O) groups excluding carboxylic acids is 1. The van der Waals surface area contributed by atoms with Gasteiger partial charge in [0, 0.05) is 50.9 Å². The molecule has 2 fully saturated rings. The first-order valence-corrected chi connectivity index (χ1v) is 11.1. The average molecular weight is 395 g/mol. The average Bonchev–Trinajstić information content (AvgIpc) is 3.31. The Morgan fingerprint density at radius 2 is 2.00 bits per heavy atom. The van der Waals surface area contributed by atoms with Gasteiger partial charge in [-0.05, 0) is 49.1 Å². The summed E-state index contributed by atoms with van der Waals surface area (Å²) in [5, 5.41) is 7.67. The van der Waals surface area contributed by atoms with Gasteiger partial charge in [0.05, 0.1) is 18.1 Å². The lowest BCUT2D eigenvalue weighted by Gasteiger charge is -2.44. The van der Waals surface area contributed by atoms with E-state index in [0.717, 1.165) is 45.4 Å². The van der Waals surface area contributed by atoms with Crippen LogP contribution in [-0.2, 0) is 9.53 Å². The van der Waals surface area contributed by atoms with Gasteiger partial charge in [-0.3, -0.25) is 14.7 Å². The van der Waals surface area contributed by atoms with Crippen LogP contribution in [0.1, 0.15) is 36.3 Å². The Morgan fingerprint density at radius 1 is 1.21 bits per heavy atom. The number of likely N-dealkylation sites (N-methyl/N-ethyl adjacent to an activating group) is 1. The molecule has 6 rings (SSSR count). The van der Waals surface area contributed by atoms with Gasteiger partial charge in [0.1, 0.15) is 0 Å². The number of morpholine rings is 1. The van der Waals surface area contributed by atoms with Crippen LogP contribution in [0.15, 0.2) is 24.3 Å². The van der Waals surface area contributed by atoms with Crippen LogP contribution in [0.25, 0.3) is 5.57 Å². The summed E-state index contributed by atoms with van der Waals surface area (Å²) in [6, 6.07) is 7.00. The number of benzene rings is 1. The van der Waals surface area contributed by atoms with Crippen LogP contribution in [0.5, 0.6) is 0 Å². The first kappa shape index (κ1) is 17.9. The van der Waals surface area contributed by atoms with Crippen molar-refractivity contribution in [2.75, 3.05) is 45.6 Å². The van der Waals surface area contributed by atoms with Crippen molar-refractivity contribution in [3.63, 3.8) is 0 Å². The van der Waals surface area contributed by atoms with Gasteiger partial charge in [0.2, 0.25) is 5.91 Å². The van der Waals surface area contributed by atoms with Crippen LogP contribution >= 0.6 is 0 Å².